The highest BCUT2D eigenvalue weighted by Gasteiger charge is 2.29. The van der Waals surface area contributed by atoms with Crippen LogP contribution in [0.3, 0.4) is 0 Å². The van der Waals surface area contributed by atoms with E-state index in [-0.39, 0.29) is 0 Å². The molecule has 2 aliphatic rings. The van der Waals surface area contributed by atoms with E-state index in [2.05, 4.69) is 31.1 Å². The van der Waals surface area contributed by atoms with Crippen LogP contribution in [0, 0.1) is 11.8 Å². The summed E-state index contributed by atoms with van der Waals surface area (Å²) in [4.78, 5) is 2.45. The Hall–Kier alpha value is -0.0800. The van der Waals surface area contributed by atoms with Crippen LogP contribution in [-0.4, -0.2) is 37.1 Å². The van der Waals surface area contributed by atoms with Crippen molar-refractivity contribution in [2.45, 2.75) is 58.0 Å². The van der Waals surface area contributed by atoms with Crippen molar-refractivity contribution in [2.75, 3.05) is 20.1 Å². The highest BCUT2D eigenvalue weighted by molar-refractivity contribution is 4.86. The third-order valence-electron chi connectivity index (χ3n) is 4.88. The Kier molecular flexibility index (Phi) is 4.26. The molecular weight excluding hydrogens is 196 g/mol. The molecule has 1 saturated carbocycles. The number of likely N-dealkylation sites (tertiary alicyclic amines) is 1. The van der Waals surface area contributed by atoms with Crippen LogP contribution >= 0.6 is 0 Å². The van der Waals surface area contributed by atoms with Crippen LogP contribution in [0.2, 0.25) is 0 Å². The molecule has 2 rings (SSSR count). The lowest BCUT2D eigenvalue weighted by atomic mass is 9.77. The molecule has 1 heterocycles. The minimum atomic E-state index is 0.786. The zero-order chi connectivity index (χ0) is 11.5. The van der Waals surface area contributed by atoms with E-state index >= 15 is 0 Å². The Labute approximate surface area is 101 Å². The van der Waals surface area contributed by atoms with Crippen molar-refractivity contribution in [3.63, 3.8) is 0 Å². The smallest absolute Gasteiger partial charge is 0.00978 e. The molecule has 0 aromatic heterocycles. The molecule has 3 atom stereocenters. The van der Waals surface area contributed by atoms with Crippen LogP contribution < -0.4 is 5.32 Å². The van der Waals surface area contributed by atoms with Gasteiger partial charge >= 0.3 is 0 Å². The summed E-state index contributed by atoms with van der Waals surface area (Å²) >= 11 is 0. The molecule has 2 nitrogen and oxygen atoms in total. The lowest BCUT2D eigenvalue weighted by Crippen LogP contribution is -2.49. The standard InChI is InChI=1S/C14H28N2/c1-11-5-4-6-14(12(11)2)15-13-7-9-16(3)10-8-13/h11-15H,4-10H2,1-3H3. The molecule has 0 radical (unpaired) electrons. The van der Waals surface area contributed by atoms with Crippen LogP contribution in [0.15, 0.2) is 0 Å². The van der Waals surface area contributed by atoms with Gasteiger partial charge in [-0.25, -0.2) is 0 Å². The normalized spacial score (nSPS) is 38.8. The zero-order valence-corrected chi connectivity index (χ0v) is 11.2. The quantitative estimate of drug-likeness (QED) is 0.775. The van der Waals surface area contributed by atoms with E-state index < -0.39 is 0 Å². The number of hydrogen-bond acceptors (Lipinski definition) is 2. The summed E-state index contributed by atoms with van der Waals surface area (Å²) in [5.74, 6) is 1.78. The molecule has 0 spiro atoms. The Balaban J connectivity index is 1.80. The summed E-state index contributed by atoms with van der Waals surface area (Å²) in [7, 11) is 2.24. The van der Waals surface area contributed by atoms with E-state index in [0.717, 1.165) is 23.9 Å². The largest absolute Gasteiger partial charge is 0.311 e. The first-order chi connectivity index (χ1) is 7.66. The predicted octanol–water partition coefficient (Wildman–Crippen LogP) is 2.49. The fourth-order valence-electron chi connectivity index (χ4n) is 3.30. The van der Waals surface area contributed by atoms with Crippen molar-refractivity contribution in [2.24, 2.45) is 11.8 Å². The minimum absolute atomic E-state index is 0.786. The monoisotopic (exact) mass is 224 g/mol. The van der Waals surface area contributed by atoms with E-state index in [1.165, 1.54) is 45.2 Å². The number of nitrogens with one attached hydrogen (secondary N) is 1. The summed E-state index contributed by atoms with van der Waals surface area (Å²) in [5.41, 5.74) is 0. The van der Waals surface area contributed by atoms with Crippen LogP contribution in [0.25, 0.3) is 0 Å². The molecule has 2 heteroatoms. The van der Waals surface area contributed by atoms with Crippen molar-refractivity contribution in [3.8, 4) is 0 Å². The number of rotatable bonds is 2. The van der Waals surface area contributed by atoms with E-state index in [4.69, 9.17) is 0 Å². The first-order valence-electron chi connectivity index (χ1n) is 7.11. The van der Waals surface area contributed by atoms with Gasteiger partial charge in [-0.05, 0) is 51.2 Å². The topological polar surface area (TPSA) is 15.3 Å². The van der Waals surface area contributed by atoms with Gasteiger partial charge < -0.3 is 10.2 Å². The van der Waals surface area contributed by atoms with E-state index in [1.54, 1.807) is 0 Å². The zero-order valence-electron chi connectivity index (χ0n) is 11.2. The number of nitrogens with zero attached hydrogens (tertiary/aromatic N) is 1. The van der Waals surface area contributed by atoms with Gasteiger partial charge in [0.25, 0.3) is 0 Å². The predicted molar refractivity (Wildman–Crippen MR) is 69.6 cm³/mol. The van der Waals surface area contributed by atoms with Gasteiger partial charge in [-0.15, -0.1) is 0 Å². The average molecular weight is 224 g/mol. The first kappa shape index (κ1) is 12.4. The maximum Gasteiger partial charge on any atom is 0.00978 e. The molecule has 1 N–H and O–H groups in total. The summed E-state index contributed by atoms with van der Waals surface area (Å²) in [6, 6.07) is 1.58. The molecule has 0 bridgehead atoms. The van der Waals surface area contributed by atoms with E-state index in [9.17, 15) is 0 Å². The maximum absolute atomic E-state index is 3.93. The highest BCUT2D eigenvalue weighted by Crippen LogP contribution is 2.30. The van der Waals surface area contributed by atoms with Gasteiger partial charge in [0.15, 0.2) is 0 Å². The molecule has 0 aromatic carbocycles. The molecule has 16 heavy (non-hydrogen) atoms. The van der Waals surface area contributed by atoms with Crippen molar-refractivity contribution < 1.29 is 0 Å². The van der Waals surface area contributed by atoms with Gasteiger partial charge in [-0.3, -0.25) is 0 Å². The fourth-order valence-corrected chi connectivity index (χ4v) is 3.30. The highest BCUT2D eigenvalue weighted by atomic mass is 15.1. The van der Waals surface area contributed by atoms with Gasteiger partial charge in [0.1, 0.15) is 0 Å². The molecular formula is C14H28N2. The lowest BCUT2D eigenvalue weighted by molar-refractivity contribution is 0.163. The molecule has 0 amide bonds. The van der Waals surface area contributed by atoms with Crippen molar-refractivity contribution >= 4 is 0 Å². The second kappa shape index (κ2) is 5.50. The van der Waals surface area contributed by atoms with Crippen molar-refractivity contribution in [1.29, 1.82) is 0 Å². The van der Waals surface area contributed by atoms with Gasteiger partial charge in [0.05, 0.1) is 0 Å². The Morgan fingerprint density at radius 3 is 2.38 bits per heavy atom. The Morgan fingerprint density at radius 1 is 1.00 bits per heavy atom. The van der Waals surface area contributed by atoms with Crippen molar-refractivity contribution in [1.82, 2.24) is 10.2 Å². The van der Waals surface area contributed by atoms with E-state index in [1.807, 2.05) is 0 Å². The minimum Gasteiger partial charge on any atom is -0.311 e. The van der Waals surface area contributed by atoms with Gasteiger partial charge in [0.2, 0.25) is 0 Å². The van der Waals surface area contributed by atoms with Crippen LogP contribution in [0.1, 0.15) is 46.0 Å². The molecule has 0 aromatic rings. The summed E-state index contributed by atoms with van der Waals surface area (Å²) in [6.45, 7) is 7.41. The summed E-state index contributed by atoms with van der Waals surface area (Å²) < 4.78 is 0. The molecule has 1 saturated heterocycles. The van der Waals surface area contributed by atoms with Gasteiger partial charge in [0, 0.05) is 12.1 Å². The van der Waals surface area contributed by atoms with Crippen LogP contribution in [0.4, 0.5) is 0 Å². The molecule has 1 aliphatic carbocycles. The molecule has 1 aliphatic heterocycles. The second-order valence-electron chi connectivity index (χ2n) is 6.12. The van der Waals surface area contributed by atoms with Gasteiger partial charge in [-0.2, -0.15) is 0 Å². The maximum atomic E-state index is 3.93. The summed E-state index contributed by atoms with van der Waals surface area (Å²) in [5, 5.41) is 3.93. The molecule has 2 fully saturated rings. The average Bonchev–Trinajstić information content (AvgIpc) is 2.28. The summed E-state index contributed by atoms with van der Waals surface area (Å²) in [6.07, 6.45) is 6.95. The first-order valence-corrected chi connectivity index (χ1v) is 7.11. The molecule has 3 unspecified atom stereocenters. The Morgan fingerprint density at radius 2 is 1.69 bits per heavy atom. The fraction of sp³-hybridized carbons (Fsp3) is 1.00. The van der Waals surface area contributed by atoms with Crippen LogP contribution in [0.5, 0.6) is 0 Å². The SMILES string of the molecule is CC1CCCC(NC2CCN(C)CC2)C1C. The third-order valence-corrected chi connectivity index (χ3v) is 4.88. The number of piperidine rings is 1. The second-order valence-corrected chi connectivity index (χ2v) is 6.12. The lowest BCUT2D eigenvalue weighted by Gasteiger charge is -2.39. The van der Waals surface area contributed by atoms with Gasteiger partial charge in [-0.1, -0.05) is 26.7 Å². The Bertz CT molecular complexity index is 209. The number of hydrogen-bond donors (Lipinski definition) is 1. The molecule has 94 valence electrons. The van der Waals surface area contributed by atoms with Crippen molar-refractivity contribution in [3.05, 3.63) is 0 Å². The van der Waals surface area contributed by atoms with E-state index in [0.29, 0.717) is 0 Å². The third kappa shape index (κ3) is 2.98. The van der Waals surface area contributed by atoms with Crippen LogP contribution in [-0.2, 0) is 0 Å².